The summed E-state index contributed by atoms with van der Waals surface area (Å²) in [6, 6.07) is 4.61. The Morgan fingerprint density at radius 3 is 2.82 bits per heavy atom. The average Bonchev–Trinajstić information content (AvgIpc) is 2.70. The molecule has 2 rings (SSSR count). The molecule has 0 bridgehead atoms. The molecular weight excluding hydrogens is 301 g/mol. The van der Waals surface area contributed by atoms with Crippen LogP contribution in [0.25, 0.3) is 0 Å². The second-order valence-corrected chi connectivity index (χ2v) is 5.65. The maximum atomic E-state index is 13.2. The van der Waals surface area contributed by atoms with Gasteiger partial charge in [0.25, 0.3) is 0 Å². The standard InChI is InChI=1S/C13H13BrFNS/c1-8-6-17-7-11(8)13(16)5-9-4-10(15)2-3-12(9)14/h2-4,6-7,13H,5,16H2,1H3. The fraction of sp³-hybridized carbons (Fsp3) is 0.231. The van der Waals surface area contributed by atoms with Crippen LogP contribution < -0.4 is 5.73 Å². The number of aryl methyl sites for hydroxylation is 1. The van der Waals surface area contributed by atoms with Crippen molar-refractivity contribution >= 4 is 27.3 Å². The summed E-state index contributed by atoms with van der Waals surface area (Å²) < 4.78 is 14.1. The molecule has 90 valence electrons. The molecule has 2 N–H and O–H groups in total. The van der Waals surface area contributed by atoms with Gasteiger partial charge in [-0.1, -0.05) is 15.9 Å². The molecule has 0 aliphatic heterocycles. The highest BCUT2D eigenvalue weighted by atomic mass is 79.9. The minimum absolute atomic E-state index is 0.0839. The lowest BCUT2D eigenvalue weighted by Gasteiger charge is -2.13. The van der Waals surface area contributed by atoms with Gasteiger partial charge in [-0.05, 0) is 59.0 Å². The number of benzene rings is 1. The lowest BCUT2D eigenvalue weighted by Crippen LogP contribution is -2.14. The zero-order chi connectivity index (χ0) is 12.4. The number of rotatable bonds is 3. The number of hydrogen-bond donors (Lipinski definition) is 1. The summed E-state index contributed by atoms with van der Waals surface area (Å²) in [5, 5.41) is 4.14. The van der Waals surface area contributed by atoms with Crippen molar-refractivity contribution in [3.63, 3.8) is 0 Å². The van der Waals surface area contributed by atoms with E-state index in [0.717, 1.165) is 15.6 Å². The fourth-order valence-electron chi connectivity index (χ4n) is 1.80. The molecule has 2 aromatic rings. The van der Waals surface area contributed by atoms with E-state index < -0.39 is 0 Å². The highest BCUT2D eigenvalue weighted by molar-refractivity contribution is 9.10. The maximum absolute atomic E-state index is 13.2. The van der Waals surface area contributed by atoms with Gasteiger partial charge in [-0.15, -0.1) is 0 Å². The summed E-state index contributed by atoms with van der Waals surface area (Å²) in [5.74, 6) is -0.225. The first-order valence-corrected chi connectivity index (χ1v) is 7.03. The van der Waals surface area contributed by atoms with Crippen LogP contribution in [0, 0.1) is 12.7 Å². The summed E-state index contributed by atoms with van der Waals surface area (Å²) >= 11 is 5.07. The molecule has 0 aliphatic carbocycles. The summed E-state index contributed by atoms with van der Waals surface area (Å²) in [6.07, 6.45) is 0.635. The van der Waals surface area contributed by atoms with Gasteiger partial charge in [-0.2, -0.15) is 11.3 Å². The first-order valence-electron chi connectivity index (χ1n) is 5.30. The molecule has 4 heteroatoms. The van der Waals surface area contributed by atoms with Gasteiger partial charge in [0.1, 0.15) is 5.82 Å². The summed E-state index contributed by atoms with van der Waals surface area (Å²) in [6.45, 7) is 2.05. The van der Waals surface area contributed by atoms with E-state index in [1.807, 2.05) is 6.92 Å². The monoisotopic (exact) mass is 313 g/mol. The molecule has 0 spiro atoms. The Morgan fingerprint density at radius 1 is 1.41 bits per heavy atom. The van der Waals surface area contributed by atoms with Gasteiger partial charge in [-0.3, -0.25) is 0 Å². The minimum Gasteiger partial charge on any atom is -0.324 e. The first-order chi connectivity index (χ1) is 8.08. The van der Waals surface area contributed by atoms with Crippen LogP contribution in [0.4, 0.5) is 4.39 Å². The van der Waals surface area contributed by atoms with E-state index in [4.69, 9.17) is 5.73 Å². The van der Waals surface area contributed by atoms with E-state index >= 15 is 0 Å². The van der Waals surface area contributed by atoms with Crippen LogP contribution in [-0.4, -0.2) is 0 Å². The van der Waals surface area contributed by atoms with Gasteiger partial charge in [0.15, 0.2) is 0 Å². The lowest BCUT2D eigenvalue weighted by molar-refractivity contribution is 0.621. The van der Waals surface area contributed by atoms with E-state index in [1.165, 1.54) is 17.7 Å². The van der Waals surface area contributed by atoms with Gasteiger partial charge < -0.3 is 5.73 Å². The van der Waals surface area contributed by atoms with Crippen LogP contribution in [0.15, 0.2) is 33.4 Å². The Labute approximate surface area is 113 Å². The van der Waals surface area contributed by atoms with Crippen molar-refractivity contribution in [2.24, 2.45) is 5.73 Å². The van der Waals surface area contributed by atoms with Gasteiger partial charge in [0.05, 0.1) is 0 Å². The average molecular weight is 314 g/mol. The lowest BCUT2D eigenvalue weighted by atomic mass is 9.99. The van der Waals surface area contributed by atoms with E-state index in [1.54, 1.807) is 17.4 Å². The molecule has 0 aliphatic rings. The van der Waals surface area contributed by atoms with Crippen molar-refractivity contribution in [2.75, 3.05) is 0 Å². The number of hydrogen-bond acceptors (Lipinski definition) is 2. The van der Waals surface area contributed by atoms with E-state index in [0.29, 0.717) is 6.42 Å². The van der Waals surface area contributed by atoms with Crippen molar-refractivity contribution in [3.05, 3.63) is 55.9 Å². The number of halogens is 2. The van der Waals surface area contributed by atoms with E-state index in [9.17, 15) is 4.39 Å². The molecule has 0 saturated carbocycles. The molecule has 1 heterocycles. The molecule has 0 saturated heterocycles. The van der Waals surface area contributed by atoms with Crippen LogP contribution >= 0.6 is 27.3 Å². The third-order valence-corrected chi connectivity index (χ3v) is 4.40. The Kier molecular flexibility index (Phi) is 3.97. The van der Waals surface area contributed by atoms with Gasteiger partial charge in [0, 0.05) is 10.5 Å². The number of thiophene rings is 1. The van der Waals surface area contributed by atoms with Crippen molar-refractivity contribution < 1.29 is 4.39 Å². The Morgan fingerprint density at radius 2 is 2.18 bits per heavy atom. The topological polar surface area (TPSA) is 26.0 Å². The van der Waals surface area contributed by atoms with Crippen LogP contribution in [0.2, 0.25) is 0 Å². The second kappa shape index (κ2) is 5.29. The van der Waals surface area contributed by atoms with E-state index in [2.05, 4.69) is 26.7 Å². The van der Waals surface area contributed by atoms with Gasteiger partial charge in [0.2, 0.25) is 0 Å². The maximum Gasteiger partial charge on any atom is 0.123 e. The van der Waals surface area contributed by atoms with E-state index in [-0.39, 0.29) is 11.9 Å². The molecule has 17 heavy (non-hydrogen) atoms. The van der Waals surface area contributed by atoms with Crippen LogP contribution in [0.3, 0.4) is 0 Å². The summed E-state index contributed by atoms with van der Waals surface area (Å²) in [5.41, 5.74) is 9.41. The fourth-order valence-corrected chi connectivity index (χ4v) is 3.12. The predicted molar refractivity (Wildman–Crippen MR) is 73.8 cm³/mol. The molecule has 1 aromatic carbocycles. The third kappa shape index (κ3) is 2.94. The molecule has 1 unspecified atom stereocenters. The van der Waals surface area contributed by atoms with Crippen LogP contribution in [-0.2, 0) is 6.42 Å². The highest BCUT2D eigenvalue weighted by Crippen LogP contribution is 2.26. The van der Waals surface area contributed by atoms with Crippen molar-refractivity contribution in [3.8, 4) is 0 Å². The molecule has 1 aromatic heterocycles. The molecule has 1 atom stereocenters. The first kappa shape index (κ1) is 12.7. The summed E-state index contributed by atoms with van der Waals surface area (Å²) in [7, 11) is 0. The normalized spacial score (nSPS) is 12.7. The molecule has 0 radical (unpaired) electrons. The highest BCUT2D eigenvalue weighted by Gasteiger charge is 2.12. The third-order valence-electron chi connectivity index (χ3n) is 2.74. The van der Waals surface area contributed by atoms with Crippen molar-refractivity contribution in [2.45, 2.75) is 19.4 Å². The molecule has 0 amide bonds. The smallest absolute Gasteiger partial charge is 0.123 e. The second-order valence-electron chi connectivity index (χ2n) is 4.06. The molecule has 0 fully saturated rings. The molecule has 1 nitrogen and oxygen atoms in total. The van der Waals surface area contributed by atoms with Crippen LogP contribution in [0.1, 0.15) is 22.7 Å². The Bertz CT molecular complexity index is 524. The van der Waals surface area contributed by atoms with Crippen molar-refractivity contribution in [1.82, 2.24) is 0 Å². The van der Waals surface area contributed by atoms with Gasteiger partial charge >= 0.3 is 0 Å². The van der Waals surface area contributed by atoms with Crippen molar-refractivity contribution in [1.29, 1.82) is 0 Å². The minimum atomic E-state index is -0.225. The number of nitrogens with two attached hydrogens (primary N) is 1. The predicted octanol–water partition coefficient (Wildman–Crippen LogP) is 4.20. The molecular formula is C13H13BrFNS. The quantitative estimate of drug-likeness (QED) is 0.903. The Hall–Kier alpha value is -0.710. The largest absolute Gasteiger partial charge is 0.324 e. The van der Waals surface area contributed by atoms with Crippen LogP contribution in [0.5, 0.6) is 0 Å². The zero-order valence-corrected chi connectivity index (χ0v) is 11.8. The summed E-state index contributed by atoms with van der Waals surface area (Å²) in [4.78, 5) is 0. The SMILES string of the molecule is Cc1cscc1C(N)Cc1cc(F)ccc1Br. The Balaban J connectivity index is 2.21. The zero-order valence-electron chi connectivity index (χ0n) is 9.41. The van der Waals surface area contributed by atoms with Gasteiger partial charge in [-0.25, -0.2) is 4.39 Å².